The summed E-state index contributed by atoms with van der Waals surface area (Å²) in [6.07, 6.45) is 3.88. The second-order valence-corrected chi connectivity index (χ2v) is 7.77. The number of aromatic amines is 1. The van der Waals surface area contributed by atoms with Gasteiger partial charge >= 0.3 is 0 Å². The molecule has 1 aliphatic rings. The quantitative estimate of drug-likeness (QED) is 0.539. The van der Waals surface area contributed by atoms with Crippen LogP contribution in [0.1, 0.15) is 18.5 Å². The van der Waals surface area contributed by atoms with E-state index in [-0.39, 0.29) is 13.0 Å². The van der Waals surface area contributed by atoms with Crippen molar-refractivity contribution >= 4 is 44.3 Å². The monoisotopic (exact) mass is 401 g/mol. The van der Waals surface area contributed by atoms with Crippen molar-refractivity contribution < 1.29 is 8.78 Å². The van der Waals surface area contributed by atoms with Crippen LogP contribution < -0.4 is 5.32 Å². The summed E-state index contributed by atoms with van der Waals surface area (Å²) >= 11 is 1.33. The molecule has 5 rings (SSSR count). The Morgan fingerprint density at radius 3 is 3.14 bits per heavy atom. The maximum Gasteiger partial charge on any atom is 0.260 e. The van der Waals surface area contributed by atoms with Crippen molar-refractivity contribution in [3.8, 4) is 0 Å². The van der Waals surface area contributed by atoms with Gasteiger partial charge in [0.2, 0.25) is 0 Å². The minimum atomic E-state index is -2.61. The number of halogens is 2. The number of likely N-dealkylation sites (tertiary alicyclic amines) is 1. The van der Waals surface area contributed by atoms with Crippen molar-refractivity contribution in [1.82, 2.24) is 29.4 Å². The highest BCUT2D eigenvalue weighted by atomic mass is 32.1. The van der Waals surface area contributed by atoms with Crippen LogP contribution in [0.4, 0.5) is 20.3 Å². The Bertz CT molecular complexity index is 1140. The van der Waals surface area contributed by atoms with Crippen LogP contribution in [-0.4, -0.2) is 48.5 Å². The van der Waals surface area contributed by atoms with Crippen molar-refractivity contribution in [3.05, 3.63) is 36.3 Å². The third kappa shape index (κ3) is 3.29. The van der Waals surface area contributed by atoms with Gasteiger partial charge in [0.1, 0.15) is 11.3 Å². The van der Waals surface area contributed by atoms with Gasteiger partial charge in [-0.2, -0.15) is 9.47 Å². The lowest BCUT2D eigenvalue weighted by atomic mass is 10.1. The fraction of sp³-hybridized carbons (Fsp3) is 0.333. The molecule has 0 spiro atoms. The maximum absolute atomic E-state index is 13.6. The largest absolute Gasteiger partial charge is 0.339 e. The van der Waals surface area contributed by atoms with Gasteiger partial charge in [0, 0.05) is 19.2 Å². The maximum atomic E-state index is 13.6. The summed E-state index contributed by atoms with van der Waals surface area (Å²) in [5, 5.41) is 11.3. The molecule has 5 heterocycles. The molecular weight excluding hydrogens is 384 g/mol. The summed E-state index contributed by atoms with van der Waals surface area (Å²) in [6.45, 7) is 0.841. The fourth-order valence-electron chi connectivity index (χ4n) is 3.53. The van der Waals surface area contributed by atoms with Crippen LogP contribution in [0.3, 0.4) is 0 Å². The van der Waals surface area contributed by atoms with Gasteiger partial charge in [-0.25, -0.2) is 13.8 Å². The highest BCUT2D eigenvalue weighted by Gasteiger charge is 2.35. The fourth-order valence-corrected chi connectivity index (χ4v) is 4.32. The molecule has 0 aromatic carbocycles. The van der Waals surface area contributed by atoms with Crippen LogP contribution in [0.5, 0.6) is 0 Å². The van der Waals surface area contributed by atoms with E-state index >= 15 is 0 Å². The molecule has 28 heavy (non-hydrogen) atoms. The number of hydrogen-bond donors (Lipinski definition) is 2. The number of pyridine rings is 2. The SMILES string of the molecule is FC1(F)CCCN(Cc2nsc3cc(Nc4[nH]nc5ncccc45)cnc23)C1. The lowest BCUT2D eigenvalue weighted by Crippen LogP contribution is -2.42. The number of fused-ring (bicyclic) bond motifs is 2. The number of nitrogens with one attached hydrogen (secondary N) is 2. The second-order valence-electron chi connectivity index (χ2n) is 6.97. The lowest BCUT2D eigenvalue weighted by molar-refractivity contribution is -0.0662. The second kappa shape index (κ2) is 6.71. The smallest absolute Gasteiger partial charge is 0.260 e. The summed E-state index contributed by atoms with van der Waals surface area (Å²) in [5.74, 6) is -1.87. The Hall–Kier alpha value is -2.72. The topological polar surface area (TPSA) is 82.6 Å². The van der Waals surface area contributed by atoms with Gasteiger partial charge in [-0.05, 0) is 42.7 Å². The zero-order chi connectivity index (χ0) is 19.1. The molecule has 0 saturated carbocycles. The molecule has 0 aliphatic carbocycles. The molecule has 1 saturated heterocycles. The number of rotatable bonds is 4. The molecular formula is C18H17F2N7S. The summed E-state index contributed by atoms with van der Waals surface area (Å²) in [5.41, 5.74) is 2.94. The van der Waals surface area contributed by atoms with Gasteiger partial charge in [0.05, 0.1) is 34.2 Å². The molecule has 0 unspecified atom stereocenters. The van der Waals surface area contributed by atoms with E-state index in [0.717, 1.165) is 32.8 Å². The van der Waals surface area contributed by atoms with Crippen molar-refractivity contribution in [1.29, 1.82) is 0 Å². The van der Waals surface area contributed by atoms with Crippen molar-refractivity contribution in [3.63, 3.8) is 0 Å². The van der Waals surface area contributed by atoms with E-state index in [4.69, 9.17) is 0 Å². The highest BCUT2D eigenvalue weighted by Crippen LogP contribution is 2.30. The van der Waals surface area contributed by atoms with Crippen LogP contribution >= 0.6 is 11.5 Å². The summed E-state index contributed by atoms with van der Waals surface area (Å²) in [7, 11) is 0. The molecule has 1 fully saturated rings. The van der Waals surface area contributed by atoms with Crippen molar-refractivity contribution in [2.75, 3.05) is 18.4 Å². The van der Waals surface area contributed by atoms with Crippen LogP contribution in [-0.2, 0) is 6.54 Å². The predicted octanol–water partition coefficient (Wildman–Crippen LogP) is 3.94. The number of hydrogen-bond acceptors (Lipinski definition) is 7. The normalized spacial score (nSPS) is 17.4. The first-order chi connectivity index (χ1) is 13.6. The van der Waals surface area contributed by atoms with E-state index in [1.807, 2.05) is 18.2 Å². The van der Waals surface area contributed by atoms with Gasteiger partial charge < -0.3 is 5.32 Å². The molecule has 0 atom stereocenters. The van der Waals surface area contributed by atoms with E-state index in [1.54, 1.807) is 17.3 Å². The standard InChI is InChI=1S/C18H17F2N7S/c19-18(20)4-2-6-27(10-18)9-13-15-14(28-26-13)7-11(8-22-15)23-17-12-3-1-5-21-16(12)24-25-17/h1,3,5,7-8H,2,4,6,9-10H2,(H2,21,23,24,25). The van der Waals surface area contributed by atoms with Gasteiger partial charge in [0.25, 0.3) is 5.92 Å². The Balaban J connectivity index is 1.37. The van der Waals surface area contributed by atoms with Gasteiger partial charge in [-0.1, -0.05) is 0 Å². The molecule has 0 amide bonds. The lowest BCUT2D eigenvalue weighted by Gasteiger charge is -2.31. The third-order valence-corrected chi connectivity index (χ3v) is 5.64. The van der Waals surface area contributed by atoms with Crippen molar-refractivity contribution in [2.24, 2.45) is 0 Å². The number of anilines is 2. The average molecular weight is 401 g/mol. The summed E-state index contributed by atoms with van der Waals surface area (Å²) < 4.78 is 32.7. The Labute approximate surface area is 163 Å². The van der Waals surface area contributed by atoms with E-state index < -0.39 is 5.92 Å². The van der Waals surface area contributed by atoms with Crippen LogP contribution in [0.2, 0.25) is 0 Å². The predicted molar refractivity (Wildman–Crippen MR) is 104 cm³/mol. The number of alkyl halides is 2. The first-order valence-electron chi connectivity index (χ1n) is 8.98. The Kier molecular flexibility index (Phi) is 4.17. The minimum absolute atomic E-state index is 0.0353. The molecule has 10 heteroatoms. The van der Waals surface area contributed by atoms with Gasteiger partial charge in [-0.15, -0.1) is 0 Å². The molecule has 144 valence electrons. The minimum Gasteiger partial charge on any atom is -0.339 e. The first kappa shape index (κ1) is 17.4. The molecule has 0 radical (unpaired) electrons. The van der Waals surface area contributed by atoms with Gasteiger partial charge in [0.15, 0.2) is 5.65 Å². The Morgan fingerprint density at radius 2 is 2.25 bits per heavy atom. The molecule has 7 nitrogen and oxygen atoms in total. The molecule has 2 N–H and O–H groups in total. The molecule has 1 aliphatic heterocycles. The first-order valence-corrected chi connectivity index (χ1v) is 9.75. The van der Waals surface area contributed by atoms with E-state index in [9.17, 15) is 8.78 Å². The number of aromatic nitrogens is 5. The van der Waals surface area contributed by atoms with Crippen LogP contribution in [0.15, 0.2) is 30.6 Å². The van der Waals surface area contributed by atoms with Gasteiger partial charge in [-0.3, -0.25) is 15.0 Å². The zero-order valence-electron chi connectivity index (χ0n) is 14.8. The van der Waals surface area contributed by atoms with Crippen LogP contribution in [0.25, 0.3) is 21.3 Å². The Morgan fingerprint density at radius 1 is 1.32 bits per heavy atom. The zero-order valence-corrected chi connectivity index (χ0v) is 15.6. The number of nitrogens with zero attached hydrogens (tertiary/aromatic N) is 5. The highest BCUT2D eigenvalue weighted by molar-refractivity contribution is 7.13. The van der Waals surface area contributed by atoms with E-state index in [0.29, 0.717) is 25.2 Å². The molecule has 0 bridgehead atoms. The third-order valence-electron chi connectivity index (χ3n) is 4.82. The van der Waals surface area contributed by atoms with E-state index in [1.165, 1.54) is 11.5 Å². The average Bonchev–Trinajstić information content (AvgIpc) is 3.26. The number of H-pyrrole nitrogens is 1. The van der Waals surface area contributed by atoms with Crippen LogP contribution in [0, 0.1) is 0 Å². The summed E-state index contributed by atoms with van der Waals surface area (Å²) in [4.78, 5) is 10.5. The van der Waals surface area contributed by atoms with E-state index in [2.05, 4.69) is 29.9 Å². The molecule has 4 aromatic rings. The summed E-state index contributed by atoms with van der Waals surface area (Å²) in [6, 6.07) is 5.74. The number of piperidine rings is 1. The van der Waals surface area contributed by atoms with Crippen molar-refractivity contribution in [2.45, 2.75) is 25.3 Å². The molecule has 4 aromatic heterocycles.